The highest BCUT2D eigenvalue weighted by Gasteiger charge is 2.33. The van der Waals surface area contributed by atoms with E-state index in [1.165, 1.54) is 11.8 Å². The van der Waals surface area contributed by atoms with Crippen molar-refractivity contribution in [2.75, 3.05) is 5.75 Å². The number of aliphatic hydroxyl groups is 1. The number of oxazole rings is 1. The van der Waals surface area contributed by atoms with Gasteiger partial charge in [-0.05, 0) is 71.0 Å². The number of ether oxygens (including phenoxy) is 2. The molecule has 9 rings (SSSR count). The number of aromatic nitrogens is 1. The number of nitrogens with zero attached hydrogens (tertiary/aromatic N) is 1. The molecule has 2 heterocycles. The first-order chi connectivity index (χ1) is 33.2. The molecule has 1 aliphatic heterocycles. The second kappa shape index (κ2) is 21.5. The molecule has 0 unspecified atom stereocenters. The summed E-state index contributed by atoms with van der Waals surface area (Å²) in [6.07, 6.45) is -0.467. The molecule has 0 aliphatic carbocycles. The predicted molar refractivity (Wildman–Crippen MR) is 266 cm³/mol. The van der Waals surface area contributed by atoms with E-state index in [0.29, 0.717) is 23.2 Å². The minimum atomic E-state index is -3.99. The number of carbonyl (C=O) groups excluding carboxylic acids is 1. The summed E-state index contributed by atoms with van der Waals surface area (Å²) in [6, 6.07) is 58.7. The highest BCUT2D eigenvalue weighted by molar-refractivity contribution is 7.99. The van der Waals surface area contributed by atoms with E-state index in [2.05, 4.69) is 16.1 Å². The second-order valence-electron chi connectivity index (χ2n) is 16.8. The van der Waals surface area contributed by atoms with Crippen molar-refractivity contribution in [1.82, 2.24) is 15.0 Å². The number of nitrogens with one attached hydrogen (secondary N) is 2. The van der Waals surface area contributed by atoms with Gasteiger partial charge in [0, 0.05) is 35.4 Å². The average Bonchev–Trinajstić information content (AvgIpc) is 3.82. The molecule has 68 heavy (non-hydrogen) atoms. The molecule has 1 aromatic heterocycles. The fourth-order valence-corrected chi connectivity index (χ4v) is 10.2. The highest BCUT2D eigenvalue weighted by Crippen LogP contribution is 2.42. The maximum Gasteiger partial charge on any atom is 0.256 e. The molecular weight excluding hydrogens is 891 g/mol. The molecule has 0 radical (unpaired) electrons. The van der Waals surface area contributed by atoms with Crippen molar-refractivity contribution in [2.24, 2.45) is 0 Å². The van der Waals surface area contributed by atoms with Crippen LogP contribution in [0.4, 0.5) is 0 Å². The number of sulfonamides is 1. The summed E-state index contributed by atoms with van der Waals surface area (Å²) in [5.41, 5.74) is 9.79. The summed E-state index contributed by atoms with van der Waals surface area (Å²) < 4.78 is 49.6. The summed E-state index contributed by atoms with van der Waals surface area (Å²) in [7, 11) is -3.99. The Morgan fingerprint density at radius 2 is 1.32 bits per heavy atom. The first-order valence-corrected chi connectivity index (χ1v) is 25.0. The Bertz CT molecular complexity index is 2980. The molecule has 10 nitrogen and oxygen atoms in total. The first kappa shape index (κ1) is 46.5. The SMILES string of the molecule is Cc1ccc(S(=O)(=O)N[C@H](Cc2ccccc2)C(=O)NCc2cccc(-c3cccc([C@@H]4O[C@H](CSc5nc(-c6ccccc6)c(-c6ccccc6)o5)C[C@H](c5ccc(CO)cc5)O4)c3)c2)cc1. The molecule has 1 fully saturated rings. The Labute approximate surface area is 401 Å². The molecule has 8 aromatic rings. The van der Waals surface area contributed by atoms with Crippen LogP contribution in [-0.4, -0.2) is 42.3 Å². The Balaban J connectivity index is 0.922. The number of hydrogen-bond donors (Lipinski definition) is 3. The van der Waals surface area contributed by atoms with E-state index < -0.39 is 28.3 Å². The minimum Gasteiger partial charge on any atom is -0.431 e. The lowest BCUT2D eigenvalue weighted by Crippen LogP contribution is -2.47. The molecule has 0 bridgehead atoms. The van der Waals surface area contributed by atoms with Gasteiger partial charge in [-0.15, -0.1) is 0 Å². The Kier molecular flexibility index (Phi) is 14.7. The van der Waals surface area contributed by atoms with Crippen LogP contribution in [0, 0.1) is 6.92 Å². The molecule has 7 aromatic carbocycles. The van der Waals surface area contributed by atoms with E-state index in [1.54, 1.807) is 24.3 Å². The zero-order valence-electron chi connectivity index (χ0n) is 37.4. The topological polar surface area (TPSA) is 140 Å². The van der Waals surface area contributed by atoms with Gasteiger partial charge in [-0.25, -0.2) is 13.4 Å². The zero-order valence-corrected chi connectivity index (χ0v) is 39.0. The number of rotatable bonds is 17. The van der Waals surface area contributed by atoms with Gasteiger partial charge < -0.3 is 24.3 Å². The third kappa shape index (κ3) is 11.5. The van der Waals surface area contributed by atoms with Crippen molar-refractivity contribution in [3.05, 3.63) is 221 Å². The molecule has 12 heteroatoms. The molecule has 0 saturated carbocycles. The van der Waals surface area contributed by atoms with Crippen LogP contribution in [0.5, 0.6) is 0 Å². The molecule has 1 amide bonds. The summed E-state index contributed by atoms with van der Waals surface area (Å²) in [6.45, 7) is 2.02. The van der Waals surface area contributed by atoms with Gasteiger partial charge in [0.1, 0.15) is 11.7 Å². The summed E-state index contributed by atoms with van der Waals surface area (Å²) in [4.78, 5) is 18.9. The van der Waals surface area contributed by atoms with E-state index >= 15 is 0 Å². The number of amides is 1. The lowest BCUT2D eigenvalue weighted by Gasteiger charge is -2.36. The van der Waals surface area contributed by atoms with Gasteiger partial charge in [0.2, 0.25) is 15.9 Å². The van der Waals surface area contributed by atoms with Gasteiger partial charge >= 0.3 is 0 Å². The van der Waals surface area contributed by atoms with Crippen LogP contribution >= 0.6 is 11.8 Å². The number of hydrogen-bond acceptors (Lipinski definition) is 9. The summed E-state index contributed by atoms with van der Waals surface area (Å²) >= 11 is 1.51. The van der Waals surface area contributed by atoms with Gasteiger partial charge in [0.05, 0.1) is 23.7 Å². The lowest BCUT2D eigenvalue weighted by atomic mass is 9.99. The van der Waals surface area contributed by atoms with Crippen LogP contribution in [0.2, 0.25) is 0 Å². The van der Waals surface area contributed by atoms with Crippen molar-refractivity contribution in [3.63, 3.8) is 0 Å². The fourth-order valence-electron chi connectivity index (χ4n) is 8.17. The second-order valence-corrected chi connectivity index (χ2v) is 19.5. The number of aryl methyl sites for hydroxylation is 1. The number of carbonyl (C=O) groups is 1. The standard InChI is InChI=1S/C56H51N3O7S2/c1-38-23-29-49(30-24-38)68(62,63)59-50(32-39-13-5-2-6-14-39)54(61)57-35-41-15-11-20-45(31-41)46-21-12-22-47(33-46)55-64-48(34-51(65-55)42-27-25-40(36-60)26-28-42)37-67-56-58-52(43-16-7-3-8-17-43)53(66-56)44-18-9-4-10-19-44/h2-31,33,48,50-51,55,59-60H,32,34-37H2,1H3,(H,57,61)/t48-,50+,51+,55+/m0/s1. The molecule has 344 valence electrons. The van der Waals surface area contributed by atoms with Crippen molar-refractivity contribution < 1.29 is 32.2 Å². The van der Waals surface area contributed by atoms with Gasteiger partial charge in [-0.2, -0.15) is 4.72 Å². The summed E-state index contributed by atoms with van der Waals surface area (Å²) in [5.74, 6) is 0.831. The maximum atomic E-state index is 13.8. The van der Waals surface area contributed by atoms with Crippen LogP contribution in [0.1, 0.15) is 52.2 Å². The smallest absolute Gasteiger partial charge is 0.256 e. The van der Waals surface area contributed by atoms with Crippen LogP contribution in [0.25, 0.3) is 33.7 Å². The molecular formula is C56H51N3O7S2. The molecule has 3 N–H and O–H groups in total. The summed E-state index contributed by atoms with van der Waals surface area (Å²) in [5, 5.41) is 13.3. The fraction of sp³-hybridized carbons (Fsp3) is 0.179. The highest BCUT2D eigenvalue weighted by atomic mass is 32.2. The zero-order chi connectivity index (χ0) is 46.9. The number of benzene rings is 7. The van der Waals surface area contributed by atoms with Gasteiger partial charge in [-0.3, -0.25) is 4.79 Å². The normalized spacial score (nSPS) is 16.5. The largest absolute Gasteiger partial charge is 0.431 e. The molecule has 1 saturated heterocycles. The van der Waals surface area contributed by atoms with Crippen LogP contribution < -0.4 is 10.0 Å². The molecule has 1 aliphatic rings. The van der Waals surface area contributed by atoms with Crippen LogP contribution in [-0.2, 0) is 43.9 Å². The number of aliphatic hydroxyl groups excluding tert-OH is 1. The Hall–Kier alpha value is -6.64. The number of thioether (sulfide) groups is 1. The minimum absolute atomic E-state index is 0.0475. The molecule has 0 spiro atoms. The predicted octanol–water partition coefficient (Wildman–Crippen LogP) is 11.0. The van der Waals surface area contributed by atoms with Crippen molar-refractivity contribution in [2.45, 2.75) is 67.6 Å². The lowest BCUT2D eigenvalue weighted by molar-refractivity contribution is -0.245. The van der Waals surface area contributed by atoms with E-state index in [0.717, 1.165) is 61.3 Å². The van der Waals surface area contributed by atoms with Crippen molar-refractivity contribution in [1.29, 1.82) is 0 Å². The maximum absolute atomic E-state index is 13.8. The van der Waals surface area contributed by atoms with E-state index in [4.69, 9.17) is 18.9 Å². The third-order valence-corrected chi connectivity index (χ3v) is 14.3. The first-order valence-electron chi connectivity index (χ1n) is 22.5. The van der Waals surface area contributed by atoms with Gasteiger partial charge in [0.25, 0.3) is 5.22 Å². The Morgan fingerprint density at radius 3 is 2.03 bits per heavy atom. The van der Waals surface area contributed by atoms with E-state index in [-0.39, 0.29) is 36.7 Å². The van der Waals surface area contributed by atoms with Gasteiger partial charge in [0.15, 0.2) is 12.1 Å². The average molecular weight is 942 g/mol. The molecule has 4 atom stereocenters. The van der Waals surface area contributed by atoms with Crippen LogP contribution in [0.15, 0.2) is 203 Å². The van der Waals surface area contributed by atoms with E-state index in [9.17, 15) is 18.3 Å². The third-order valence-electron chi connectivity index (χ3n) is 11.8. The Morgan fingerprint density at radius 1 is 0.691 bits per heavy atom. The van der Waals surface area contributed by atoms with E-state index in [1.807, 2.05) is 165 Å². The van der Waals surface area contributed by atoms with Crippen molar-refractivity contribution >= 4 is 27.7 Å². The van der Waals surface area contributed by atoms with Gasteiger partial charge in [-0.1, -0.05) is 181 Å². The monoisotopic (exact) mass is 941 g/mol. The van der Waals surface area contributed by atoms with Crippen LogP contribution in [0.3, 0.4) is 0 Å². The quantitative estimate of drug-likeness (QED) is 0.0761. The van der Waals surface area contributed by atoms with Crippen molar-refractivity contribution in [3.8, 4) is 33.7 Å².